The molecular weight excluding hydrogens is 218 g/mol. The lowest BCUT2D eigenvalue weighted by atomic mass is 10.2. The first-order chi connectivity index (χ1) is 8.25. The van der Waals surface area contributed by atoms with E-state index in [2.05, 4.69) is 10.5 Å². The maximum absolute atomic E-state index is 10.4. The Kier molecular flexibility index (Phi) is 3.20. The molecule has 1 aliphatic heterocycles. The zero-order valence-corrected chi connectivity index (χ0v) is 8.95. The van der Waals surface area contributed by atoms with Crippen molar-refractivity contribution in [3.05, 3.63) is 48.2 Å². The Morgan fingerprint density at radius 3 is 2.71 bits per heavy atom. The highest BCUT2D eigenvalue weighted by molar-refractivity contribution is 5.85. The minimum Gasteiger partial charge on any atom is -0.478 e. The van der Waals surface area contributed by atoms with Crippen LogP contribution in [0.15, 0.2) is 47.7 Å². The van der Waals surface area contributed by atoms with Gasteiger partial charge < -0.3 is 5.11 Å². The summed E-state index contributed by atoms with van der Waals surface area (Å²) in [5, 5.41) is 14.2. The van der Waals surface area contributed by atoms with Crippen LogP contribution in [-0.2, 0) is 4.79 Å². The summed E-state index contributed by atoms with van der Waals surface area (Å²) in [5.74, 6) is -0.957. The Labute approximate surface area is 98.3 Å². The lowest BCUT2D eigenvalue weighted by Crippen LogP contribution is -2.30. The number of carbonyl (C=O) groups is 1. The fourth-order valence-corrected chi connectivity index (χ4v) is 1.33. The van der Waals surface area contributed by atoms with E-state index in [1.807, 2.05) is 24.3 Å². The molecule has 0 aliphatic carbocycles. The van der Waals surface area contributed by atoms with Crippen molar-refractivity contribution in [1.29, 1.82) is 0 Å². The summed E-state index contributed by atoms with van der Waals surface area (Å²) in [6, 6.07) is 7.35. The average Bonchev–Trinajstić information content (AvgIpc) is 2.38. The van der Waals surface area contributed by atoms with Crippen LogP contribution in [0.25, 0.3) is 6.08 Å². The number of carboxylic acids is 1. The molecule has 0 saturated carbocycles. The van der Waals surface area contributed by atoms with Gasteiger partial charge in [0.2, 0.25) is 0 Å². The van der Waals surface area contributed by atoms with Gasteiger partial charge in [0, 0.05) is 12.3 Å². The van der Waals surface area contributed by atoms with Gasteiger partial charge in [-0.3, -0.25) is 5.43 Å². The molecule has 5 heteroatoms. The molecule has 0 radical (unpaired) electrons. The number of rotatable bonds is 3. The number of hydrazone groups is 1. The van der Waals surface area contributed by atoms with E-state index in [9.17, 15) is 4.79 Å². The highest BCUT2D eigenvalue weighted by Gasteiger charge is 2.02. The highest BCUT2D eigenvalue weighted by Crippen LogP contribution is 2.15. The normalized spacial score (nSPS) is 14.0. The summed E-state index contributed by atoms with van der Waals surface area (Å²) in [6.07, 6.45) is 7.88. The van der Waals surface area contributed by atoms with E-state index >= 15 is 0 Å². The maximum atomic E-state index is 10.4. The van der Waals surface area contributed by atoms with Crippen molar-refractivity contribution in [2.24, 2.45) is 5.10 Å². The average molecular weight is 229 g/mol. The van der Waals surface area contributed by atoms with Crippen molar-refractivity contribution in [1.82, 2.24) is 5.43 Å². The molecule has 2 rings (SSSR count). The van der Waals surface area contributed by atoms with Crippen LogP contribution >= 0.6 is 0 Å². The Hall–Kier alpha value is -2.56. The molecule has 0 amide bonds. The molecule has 5 nitrogen and oxygen atoms in total. The molecule has 0 atom stereocenters. The fraction of sp³-hybridized carbons (Fsp3) is 0. The Balaban J connectivity index is 2.10. The highest BCUT2D eigenvalue weighted by atomic mass is 16.4. The first-order valence-corrected chi connectivity index (χ1v) is 5.02. The number of carboxylic acid groups (broad SMARTS) is 1. The summed E-state index contributed by atoms with van der Waals surface area (Å²) < 4.78 is 0. The minimum absolute atomic E-state index is 0.827. The third kappa shape index (κ3) is 2.94. The van der Waals surface area contributed by atoms with Gasteiger partial charge in [0.25, 0.3) is 0 Å². The first kappa shape index (κ1) is 10.9. The van der Waals surface area contributed by atoms with Gasteiger partial charge in [-0.1, -0.05) is 12.1 Å². The molecule has 17 heavy (non-hydrogen) atoms. The number of allylic oxidation sites excluding steroid dienone is 1. The van der Waals surface area contributed by atoms with Crippen LogP contribution in [-0.4, -0.2) is 17.3 Å². The fourth-order valence-electron chi connectivity index (χ4n) is 1.33. The van der Waals surface area contributed by atoms with Crippen LogP contribution in [0.1, 0.15) is 5.56 Å². The van der Waals surface area contributed by atoms with Crippen LogP contribution in [0.5, 0.6) is 0 Å². The third-order valence-corrected chi connectivity index (χ3v) is 2.12. The number of nitrogens with one attached hydrogen (secondary N) is 1. The molecular formula is C12H11N3O2. The van der Waals surface area contributed by atoms with E-state index in [-0.39, 0.29) is 0 Å². The van der Waals surface area contributed by atoms with Crippen LogP contribution in [0.3, 0.4) is 0 Å². The van der Waals surface area contributed by atoms with Crippen molar-refractivity contribution in [2.45, 2.75) is 0 Å². The summed E-state index contributed by atoms with van der Waals surface area (Å²) in [7, 11) is 0. The monoisotopic (exact) mass is 229 g/mol. The zero-order chi connectivity index (χ0) is 12.1. The van der Waals surface area contributed by atoms with Crippen LogP contribution in [0, 0.1) is 0 Å². The van der Waals surface area contributed by atoms with Gasteiger partial charge in [0.15, 0.2) is 0 Å². The first-order valence-electron chi connectivity index (χ1n) is 5.02. The maximum Gasteiger partial charge on any atom is 0.328 e. The second-order valence-corrected chi connectivity index (χ2v) is 3.33. The number of hydrogen-bond acceptors (Lipinski definition) is 4. The lowest BCUT2D eigenvalue weighted by Gasteiger charge is -2.20. The van der Waals surface area contributed by atoms with Crippen LogP contribution in [0.2, 0.25) is 0 Å². The molecule has 1 aliphatic rings. The molecule has 0 aromatic heterocycles. The Morgan fingerprint density at radius 1 is 1.35 bits per heavy atom. The van der Waals surface area contributed by atoms with Crippen molar-refractivity contribution >= 4 is 23.9 Å². The molecule has 0 spiro atoms. The van der Waals surface area contributed by atoms with Gasteiger partial charge in [0.05, 0.1) is 11.9 Å². The standard InChI is InChI=1S/C12H11N3O2/c16-12(17)7-4-10-2-5-11(6-3-10)15-13-8-1-9-14-15/h1-9,13H,(H,16,17). The Bertz CT molecular complexity index is 489. The molecule has 1 heterocycles. The van der Waals surface area contributed by atoms with E-state index in [4.69, 9.17) is 5.11 Å². The predicted molar refractivity (Wildman–Crippen MR) is 66.4 cm³/mol. The van der Waals surface area contributed by atoms with Crippen LogP contribution < -0.4 is 10.5 Å². The second kappa shape index (κ2) is 4.98. The summed E-state index contributed by atoms with van der Waals surface area (Å²) in [4.78, 5) is 10.4. The minimum atomic E-state index is -0.957. The number of anilines is 1. The third-order valence-electron chi connectivity index (χ3n) is 2.12. The lowest BCUT2D eigenvalue weighted by molar-refractivity contribution is -0.131. The van der Waals surface area contributed by atoms with E-state index in [0.29, 0.717) is 0 Å². The number of benzene rings is 1. The topological polar surface area (TPSA) is 64.9 Å². The Morgan fingerprint density at radius 2 is 2.12 bits per heavy atom. The van der Waals surface area contributed by atoms with E-state index in [1.165, 1.54) is 0 Å². The largest absolute Gasteiger partial charge is 0.478 e. The van der Waals surface area contributed by atoms with Gasteiger partial charge >= 0.3 is 5.97 Å². The zero-order valence-electron chi connectivity index (χ0n) is 8.95. The van der Waals surface area contributed by atoms with Crippen molar-refractivity contribution in [3.63, 3.8) is 0 Å². The van der Waals surface area contributed by atoms with Crippen molar-refractivity contribution < 1.29 is 9.90 Å². The smallest absolute Gasteiger partial charge is 0.328 e. The van der Waals surface area contributed by atoms with Gasteiger partial charge in [0.1, 0.15) is 0 Å². The molecule has 86 valence electrons. The van der Waals surface area contributed by atoms with Crippen molar-refractivity contribution in [2.75, 3.05) is 5.12 Å². The second-order valence-electron chi connectivity index (χ2n) is 3.33. The van der Waals surface area contributed by atoms with Gasteiger partial charge in [-0.25, -0.2) is 4.79 Å². The van der Waals surface area contributed by atoms with Gasteiger partial charge in [-0.05, 0) is 29.8 Å². The van der Waals surface area contributed by atoms with E-state index in [1.54, 1.807) is 29.7 Å². The number of nitrogens with zero attached hydrogens (tertiary/aromatic N) is 2. The summed E-state index contributed by atoms with van der Waals surface area (Å²) >= 11 is 0. The molecule has 0 bridgehead atoms. The molecule has 0 fully saturated rings. The number of hydrogen-bond donors (Lipinski definition) is 2. The molecule has 1 aromatic rings. The van der Waals surface area contributed by atoms with Gasteiger partial charge in [-0.2, -0.15) is 10.2 Å². The predicted octanol–water partition coefficient (Wildman–Crippen LogP) is 1.61. The van der Waals surface area contributed by atoms with E-state index < -0.39 is 5.97 Å². The van der Waals surface area contributed by atoms with Gasteiger partial charge in [-0.15, -0.1) is 0 Å². The number of aliphatic carboxylic acids is 1. The SMILES string of the molecule is O=C(O)C=Cc1ccc(N2N=CC=CN2)cc1. The summed E-state index contributed by atoms with van der Waals surface area (Å²) in [5.41, 5.74) is 4.65. The van der Waals surface area contributed by atoms with Crippen LogP contribution in [0.4, 0.5) is 5.69 Å². The molecule has 0 unspecified atom stereocenters. The molecule has 1 aromatic carbocycles. The number of hydrazine groups is 1. The quantitative estimate of drug-likeness (QED) is 0.773. The van der Waals surface area contributed by atoms with E-state index in [0.717, 1.165) is 17.3 Å². The van der Waals surface area contributed by atoms with Crippen molar-refractivity contribution in [3.8, 4) is 0 Å². The summed E-state index contributed by atoms with van der Waals surface area (Å²) in [6.45, 7) is 0. The molecule has 2 N–H and O–H groups in total. The molecule has 0 saturated heterocycles.